The van der Waals surface area contributed by atoms with Gasteiger partial charge in [-0.05, 0) is 37.1 Å². The number of hydrogen-bond acceptors (Lipinski definition) is 4. The van der Waals surface area contributed by atoms with E-state index in [-0.39, 0.29) is 6.42 Å². The molecule has 1 aromatic carbocycles. The van der Waals surface area contributed by atoms with Gasteiger partial charge in [-0.1, -0.05) is 29.8 Å². The molecule has 0 unspecified atom stereocenters. The lowest BCUT2D eigenvalue weighted by atomic mass is 10.1. The van der Waals surface area contributed by atoms with Gasteiger partial charge in [0.05, 0.1) is 22.1 Å². The lowest BCUT2D eigenvalue weighted by Gasteiger charge is -2.08. The quantitative estimate of drug-likeness (QED) is 0.601. The number of carbonyl (C=O) groups is 1. The Morgan fingerprint density at radius 1 is 1.18 bits per heavy atom. The summed E-state index contributed by atoms with van der Waals surface area (Å²) < 4.78 is 0. The maximum atomic E-state index is 10.7. The van der Waals surface area contributed by atoms with E-state index in [4.69, 9.17) is 16.7 Å². The molecule has 5 nitrogen and oxygen atoms in total. The van der Waals surface area contributed by atoms with Gasteiger partial charge >= 0.3 is 5.97 Å². The predicted molar refractivity (Wildman–Crippen MR) is 87.3 cm³/mol. The second kappa shape index (κ2) is 8.14. The van der Waals surface area contributed by atoms with Crippen LogP contribution in [0.2, 0.25) is 5.02 Å². The van der Waals surface area contributed by atoms with Crippen molar-refractivity contribution in [3.05, 3.63) is 59.4 Å². The van der Waals surface area contributed by atoms with Crippen molar-refractivity contribution in [1.82, 2.24) is 4.98 Å². The number of aliphatic carboxylic acids is 1. The number of nitrogens with zero attached hydrogens (tertiary/aromatic N) is 2. The van der Waals surface area contributed by atoms with E-state index in [1.807, 2.05) is 36.4 Å². The highest BCUT2D eigenvalue weighted by molar-refractivity contribution is 6.33. The van der Waals surface area contributed by atoms with Gasteiger partial charge in [0.1, 0.15) is 0 Å². The molecule has 2 rings (SSSR count). The Morgan fingerprint density at radius 2 is 1.95 bits per heavy atom. The van der Waals surface area contributed by atoms with Crippen LogP contribution in [-0.2, 0) is 4.79 Å². The van der Waals surface area contributed by atoms with E-state index in [0.717, 1.165) is 0 Å². The molecular formula is C16H16ClN3O2. The topological polar surface area (TPSA) is 74.6 Å². The van der Waals surface area contributed by atoms with Crippen LogP contribution in [0.25, 0.3) is 0 Å². The van der Waals surface area contributed by atoms with Gasteiger partial charge in [0.15, 0.2) is 0 Å². The van der Waals surface area contributed by atoms with Crippen molar-refractivity contribution in [2.24, 2.45) is 5.10 Å². The fourth-order valence-corrected chi connectivity index (χ4v) is 2.04. The molecule has 0 fully saturated rings. The Labute approximate surface area is 133 Å². The molecule has 0 atom stereocenters. The molecule has 1 aromatic heterocycles. The van der Waals surface area contributed by atoms with Crippen LogP contribution in [-0.4, -0.2) is 21.8 Å². The van der Waals surface area contributed by atoms with E-state index in [1.54, 1.807) is 12.3 Å². The highest BCUT2D eigenvalue weighted by Gasteiger charge is 2.07. The zero-order valence-electron chi connectivity index (χ0n) is 11.9. The van der Waals surface area contributed by atoms with Gasteiger partial charge in [0.2, 0.25) is 0 Å². The van der Waals surface area contributed by atoms with Gasteiger partial charge in [-0.25, -0.2) is 0 Å². The number of hydrazone groups is 1. The average molecular weight is 318 g/mol. The molecule has 22 heavy (non-hydrogen) atoms. The average Bonchev–Trinajstić information content (AvgIpc) is 2.52. The third kappa shape index (κ3) is 4.86. The molecule has 114 valence electrons. The number of benzene rings is 1. The summed E-state index contributed by atoms with van der Waals surface area (Å²) in [4.78, 5) is 14.9. The molecule has 2 aromatic rings. The summed E-state index contributed by atoms with van der Waals surface area (Å²) in [5, 5.41) is 13.7. The summed E-state index contributed by atoms with van der Waals surface area (Å²) in [7, 11) is 0. The van der Waals surface area contributed by atoms with E-state index >= 15 is 0 Å². The van der Waals surface area contributed by atoms with E-state index in [1.165, 1.54) is 0 Å². The van der Waals surface area contributed by atoms with Crippen LogP contribution in [0.5, 0.6) is 0 Å². The number of hydrogen-bond donors (Lipinski definition) is 2. The van der Waals surface area contributed by atoms with Crippen molar-refractivity contribution in [3.8, 4) is 0 Å². The largest absolute Gasteiger partial charge is 0.481 e. The number of carboxylic acids is 1. The first-order valence-corrected chi connectivity index (χ1v) is 7.25. The normalized spacial score (nSPS) is 11.2. The van der Waals surface area contributed by atoms with Crippen molar-refractivity contribution < 1.29 is 9.90 Å². The van der Waals surface area contributed by atoms with Crippen LogP contribution in [0, 0.1) is 0 Å². The molecule has 0 aliphatic carbocycles. The lowest BCUT2D eigenvalue weighted by molar-refractivity contribution is -0.137. The Hall–Kier alpha value is -2.40. The maximum absolute atomic E-state index is 10.7. The fraction of sp³-hybridized carbons (Fsp3) is 0.188. The smallest absolute Gasteiger partial charge is 0.303 e. The molecular weight excluding hydrogens is 302 g/mol. The minimum absolute atomic E-state index is 0.0952. The third-order valence-electron chi connectivity index (χ3n) is 2.95. The Kier molecular flexibility index (Phi) is 5.91. The van der Waals surface area contributed by atoms with E-state index < -0.39 is 5.97 Å². The van der Waals surface area contributed by atoms with Crippen molar-refractivity contribution >= 4 is 29.0 Å². The van der Waals surface area contributed by atoms with Gasteiger partial charge < -0.3 is 5.11 Å². The molecule has 0 saturated heterocycles. The zero-order valence-corrected chi connectivity index (χ0v) is 12.6. The summed E-state index contributed by atoms with van der Waals surface area (Å²) in [6.07, 6.45) is 2.78. The number of anilines is 1. The molecule has 2 N–H and O–H groups in total. The molecule has 0 aliphatic rings. The Morgan fingerprint density at radius 3 is 2.64 bits per heavy atom. The third-order valence-corrected chi connectivity index (χ3v) is 3.28. The monoisotopic (exact) mass is 317 g/mol. The number of carboxylic acid groups (broad SMARTS) is 1. The summed E-state index contributed by atoms with van der Waals surface area (Å²) in [5.74, 6) is -0.820. The predicted octanol–water partition coefficient (Wildman–Crippen LogP) is 3.81. The van der Waals surface area contributed by atoms with Crippen molar-refractivity contribution in [1.29, 1.82) is 0 Å². The fourth-order valence-electron chi connectivity index (χ4n) is 1.86. The van der Waals surface area contributed by atoms with Crippen LogP contribution >= 0.6 is 11.6 Å². The molecule has 0 radical (unpaired) electrons. The molecule has 0 amide bonds. The SMILES string of the molecule is O=C(O)CCC/C(=N/Nc1ccccc1Cl)c1ccccn1. The van der Waals surface area contributed by atoms with Crippen molar-refractivity contribution in [3.63, 3.8) is 0 Å². The Balaban J connectivity index is 2.14. The summed E-state index contributed by atoms with van der Waals surface area (Å²) in [6, 6.07) is 12.8. The minimum Gasteiger partial charge on any atom is -0.481 e. The van der Waals surface area contributed by atoms with Gasteiger partial charge in [0.25, 0.3) is 0 Å². The molecule has 6 heteroatoms. The number of aromatic nitrogens is 1. The van der Waals surface area contributed by atoms with Crippen LogP contribution in [0.4, 0.5) is 5.69 Å². The molecule has 1 heterocycles. The van der Waals surface area contributed by atoms with E-state index in [9.17, 15) is 4.79 Å². The first kappa shape index (κ1) is 16.0. The lowest BCUT2D eigenvalue weighted by Crippen LogP contribution is -2.08. The molecule has 0 bridgehead atoms. The number of rotatable bonds is 7. The van der Waals surface area contributed by atoms with Gasteiger partial charge in [-0.3, -0.25) is 15.2 Å². The van der Waals surface area contributed by atoms with E-state index in [0.29, 0.717) is 35.0 Å². The van der Waals surface area contributed by atoms with Gasteiger partial charge in [-0.2, -0.15) is 5.10 Å². The van der Waals surface area contributed by atoms with Gasteiger partial charge in [0, 0.05) is 12.6 Å². The van der Waals surface area contributed by atoms with Crippen molar-refractivity contribution in [2.75, 3.05) is 5.43 Å². The van der Waals surface area contributed by atoms with Crippen LogP contribution in [0.15, 0.2) is 53.8 Å². The summed E-state index contributed by atoms with van der Waals surface area (Å²) >= 11 is 6.07. The standard InChI is InChI=1S/C16H16ClN3O2/c17-12-6-1-2-7-13(12)19-20-15(9-5-10-16(21)22)14-8-3-4-11-18-14/h1-4,6-8,11,19H,5,9-10H2,(H,21,22)/b20-15-. The summed E-state index contributed by atoms with van der Waals surface area (Å²) in [6.45, 7) is 0. The molecule has 0 aliphatic heterocycles. The minimum atomic E-state index is -0.820. The van der Waals surface area contributed by atoms with Crippen LogP contribution < -0.4 is 5.43 Å². The van der Waals surface area contributed by atoms with Crippen molar-refractivity contribution in [2.45, 2.75) is 19.3 Å². The second-order valence-electron chi connectivity index (χ2n) is 4.61. The molecule has 0 spiro atoms. The second-order valence-corrected chi connectivity index (χ2v) is 5.02. The highest BCUT2D eigenvalue weighted by atomic mass is 35.5. The number of pyridine rings is 1. The molecule has 0 saturated carbocycles. The first-order valence-electron chi connectivity index (χ1n) is 6.87. The number of halogens is 1. The zero-order chi connectivity index (χ0) is 15.8. The first-order chi connectivity index (χ1) is 10.7. The maximum Gasteiger partial charge on any atom is 0.303 e. The van der Waals surface area contributed by atoms with Gasteiger partial charge in [-0.15, -0.1) is 0 Å². The highest BCUT2D eigenvalue weighted by Crippen LogP contribution is 2.20. The Bertz CT molecular complexity index is 659. The van der Waals surface area contributed by atoms with Crippen LogP contribution in [0.1, 0.15) is 25.0 Å². The number of nitrogens with one attached hydrogen (secondary N) is 1. The number of para-hydroxylation sites is 1. The van der Waals surface area contributed by atoms with E-state index in [2.05, 4.69) is 15.5 Å². The summed E-state index contributed by atoms with van der Waals surface area (Å²) in [5.41, 5.74) is 5.02. The van der Waals surface area contributed by atoms with Crippen LogP contribution in [0.3, 0.4) is 0 Å².